The molecule has 3 heteroatoms. The Morgan fingerprint density at radius 2 is 2.23 bits per heavy atom. The monoisotopic (exact) mass is 185 g/mol. The maximum absolute atomic E-state index is 10.9. The third-order valence-electron chi connectivity index (χ3n) is 1.31. The van der Waals surface area contributed by atoms with E-state index in [0.29, 0.717) is 19.1 Å². The van der Waals surface area contributed by atoms with Crippen LogP contribution in [0.15, 0.2) is 12.2 Å². The molecule has 0 saturated carbocycles. The zero-order chi connectivity index (χ0) is 10.1. The molecule has 1 amide bonds. The first-order chi connectivity index (χ1) is 6.16. The second kappa shape index (κ2) is 7.80. The number of amides is 1. The van der Waals surface area contributed by atoms with E-state index in [0.717, 1.165) is 6.61 Å². The van der Waals surface area contributed by atoms with Gasteiger partial charge in [0.15, 0.2) is 0 Å². The first kappa shape index (κ1) is 12.2. The zero-order valence-corrected chi connectivity index (χ0v) is 8.67. The summed E-state index contributed by atoms with van der Waals surface area (Å²) < 4.78 is 5.28. The van der Waals surface area contributed by atoms with Crippen LogP contribution >= 0.6 is 0 Å². The van der Waals surface area contributed by atoms with E-state index in [-0.39, 0.29) is 5.91 Å². The van der Waals surface area contributed by atoms with Crippen LogP contribution in [0.4, 0.5) is 0 Å². The number of rotatable bonds is 6. The van der Waals surface area contributed by atoms with Gasteiger partial charge in [0, 0.05) is 13.2 Å². The van der Waals surface area contributed by atoms with Crippen molar-refractivity contribution in [1.82, 2.24) is 5.32 Å². The molecule has 3 nitrogen and oxygen atoms in total. The number of carbonyl (C=O) groups excluding carboxylic acids is 1. The maximum Gasteiger partial charge on any atom is 0.243 e. The van der Waals surface area contributed by atoms with Crippen LogP contribution in [0.2, 0.25) is 0 Å². The predicted molar refractivity (Wildman–Crippen MR) is 53.5 cm³/mol. The smallest absolute Gasteiger partial charge is 0.243 e. The summed E-state index contributed by atoms with van der Waals surface area (Å²) in [5.74, 6) is 0.488. The average molecular weight is 185 g/mol. The third-order valence-corrected chi connectivity index (χ3v) is 1.31. The van der Waals surface area contributed by atoms with Gasteiger partial charge in [0.1, 0.15) is 0 Å². The van der Waals surface area contributed by atoms with Crippen LogP contribution in [-0.2, 0) is 9.53 Å². The van der Waals surface area contributed by atoms with E-state index in [9.17, 15) is 4.79 Å². The summed E-state index contributed by atoms with van der Waals surface area (Å²) in [6, 6.07) is 0. The summed E-state index contributed by atoms with van der Waals surface area (Å²) in [6.07, 6.45) is 3.22. The second-order valence-corrected chi connectivity index (χ2v) is 3.26. The number of ether oxygens (including phenoxy) is 1. The van der Waals surface area contributed by atoms with E-state index in [1.807, 2.05) is 6.92 Å². The lowest BCUT2D eigenvalue weighted by Gasteiger charge is -2.06. The Balaban J connectivity index is 3.21. The van der Waals surface area contributed by atoms with Crippen LogP contribution in [0.1, 0.15) is 20.8 Å². The standard InChI is InChI=1S/C10H19NO2/c1-4-5-10(12)11-6-7-13-8-9(2)3/h4-5,9H,6-8H2,1-3H3,(H,11,12)/b5-4+. The summed E-state index contributed by atoms with van der Waals surface area (Å²) in [5.41, 5.74) is 0. The van der Waals surface area contributed by atoms with E-state index in [2.05, 4.69) is 19.2 Å². The van der Waals surface area contributed by atoms with Crippen LogP contribution in [0.3, 0.4) is 0 Å². The molecule has 0 aliphatic carbocycles. The Morgan fingerprint density at radius 3 is 2.77 bits per heavy atom. The quantitative estimate of drug-likeness (QED) is 0.501. The van der Waals surface area contributed by atoms with E-state index in [1.54, 1.807) is 6.08 Å². The summed E-state index contributed by atoms with van der Waals surface area (Å²) in [4.78, 5) is 10.9. The molecule has 0 atom stereocenters. The summed E-state index contributed by atoms with van der Waals surface area (Å²) in [6.45, 7) is 7.92. The normalized spacial score (nSPS) is 11.1. The van der Waals surface area contributed by atoms with Gasteiger partial charge >= 0.3 is 0 Å². The van der Waals surface area contributed by atoms with Crippen LogP contribution in [0.25, 0.3) is 0 Å². The van der Waals surface area contributed by atoms with Crippen molar-refractivity contribution in [3.63, 3.8) is 0 Å². The highest BCUT2D eigenvalue weighted by molar-refractivity contribution is 5.87. The molecular formula is C10H19NO2. The number of carbonyl (C=O) groups is 1. The average Bonchev–Trinajstić information content (AvgIpc) is 2.03. The van der Waals surface area contributed by atoms with Gasteiger partial charge in [-0.25, -0.2) is 0 Å². The lowest BCUT2D eigenvalue weighted by atomic mass is 10.2. The molecule has 0 unspecified atom stereocenters. The molecule has 76 valence electrons. The van der Waals surface area contributed by atoms with Gasteiger partial charge in [-0.15, -0.1) is 0 Å². The van der Waals surface area contributed by atoms with Gasteiger partial charge < -0.3 is 10.1 Å². The fraction of sp³-hybridized carbons (Fsp3) is 0.700. The minimum atomic E-state index is -0.0596. The molecule has 0 spiro atoms. The molecule has 0 aliphatic heterocycles. The highest BCUT2D eigenvalue weighted by Crippen LogP contribution is 1.90. The van der Waals surface area contributed by atoms with Gasteiger partial charge in [0.2, 0.25) is 5.91 Å². The van der Waals surface area contributed by atoms with Crippen molar-refractivity contribution in [1.29, 1.82) is 0 Å². The van der Waals surface area contributed by atoms with Gasteiger partial charge in [0.05, 0.1) is 6.61 Å². The van der Waals surface area contributed by atoms with Gasteiger partial charge in [-0.3, -0.25) is 4.79 Å². The molecule has 0 aromatic heterocycles. The van der Waals surface area contributed by atoms with Gasteiger partial charge in [-0.05, 0) is 18.9 Å². The van der Waals surface area contributed by atoms with Gasteiger partial charge in [-0.2, -0.15) is 0 Å². The van der Waals surface area contributed by atoms with Crippen molar-refractivity contribution >= 4 is 5.91 Å². The molecule has 0 saturated heterocycles. The van der Waals surface area contributed by atoms with Crippen LogP contribution in [-0.4, -0.2) is 25.7 Å². The molecule has 0 bridgehead atoms. The molecule has 0 heterocycles. The number of allylic oxidation sites excluding steroid dienone is 1. The van der Waals surface area contributed by atoms with Crippen LogP contribution < -0.4 is 5.32 Å². The Bertz CT molecular complexity index is 164. The summed E-state index contributed by atoms with van der Waals surface area (Å²) >= 11 is 0. The molecule has 0 radical (unpaired) electrons. The second-order valence-electron chi connectivity index (χ2n) is 3.26. The topological polar surface area (TPSA) is 38.3 Å². The number of hydrogen-bond acceptors (Lipinski definition) is 2. The maximum atomic E-state index is 10.9. The summed E-state index contributed by atoms with van der Waals surface area (Å²) in [5, 5.41) is 2.71. The fourth-order valence-corrected chi connectivity index (χ4v) is 0.776. The molecular weight excluding hydrogens is 166 g/mol. The van der Waals surface area contributed by atoms with E-state index >= 15 is 0 Å². The van der Waals surface area contributed by atoms with Crippen molar-refractivity contribution in [3.05, 3.63) is 12.2 Å². The van der Waals surface area contributed by atoms with E-state index in [4.69, 9.17) is 4.74 Å². The predicted octanol–water partition coefficient (Wildman–Crippen LogP) is 1.35. The van der Waals surface area contributed by atoms with Gasteiger partial charge in [0.25, 0.3) is 0 Å². The Morgan fingerprint density at radius 1 is 1.54 bits per heavy atom. The van der Waals surface area contributed by atoms with Crippen molar-refractivity contribution in [2.75, 3.05) is 19.8 Å². The van der Waals surface area contributed by atoms with E-state index in [1.165, 1.54) is 6.08 Å². The summed E-state index contributed by atoms with van der Waals surface area (Å²) in [7, 11) is 0. The van der Waals surface area contributed by atoms with Crippen molar-refractivity contribution in [2.45, 2.75) is 20.8 Å². The lowest BCUT2D eigenvalue weighted by Crippen LogP contribution is -2.25. The van der Waals surface area contributed by atoms with Gasteiger partial charge in [-0.1, -0.05) is 19.9 Å². The minimum absolute atomic E-state index is 0.0596. The SMILES string of the molecule is C/C=C/C(=O)NCCOCC(C)C. The highest BCUT2D eigenvalue weighted by atomic mass is 16.5. The highest BCUT2D eigenvalue weighted by Gasteiger charge is 1.95. The fourth-order valence-electron chi connectivity index (χ4n) is 0.776. The molecule has 1 N–H and O–H groups in total. The van der Waals surface area contributed by atoms with Crippen LogP contribution in [0.5, 0.6) is 0 Å². The van der Waals surface area contributed by atoms with Crippen molar-refractivity contribution in [3.8, 4) is 0 Å². The molecule has 0 aromatic carbocycles. The van der Waals surface area contributed by atoms with E-state index < -0.39 is 0 Å². The number of hydrogen-bond donors (Lipinski definition) is 1. The lowest BCUT2D eigenvalue weighted by molar-refractivity contribution is -0.116. The zero-order valence-electron chi connectivity index (χ0n) is 8.67. The molecule has 0 fully saturated rings. The largest absolute Gasteiger partial charge is 0.379 e. The third kappa shape index (κ3) is 9.08. The Labute approximate surface area is 80.2 Å². The first-order valence-electron chi connectivity index (χ1n) is 4.65. The van der Waals surface area contributed by atoms with Crippen LogP contribution in [0, 0.1) is 5.92 Å². The Kier molecular flexibility index (Phi) is 7.30. The molecule has 0 rings (SSSR count). The van der Waals surface area contributed by atoms with Crippen molar-refractivity contribution < 1.29 is 9.53 Å². The van der Waals surface area contributed by atoms with Crippen molar-refractivity contribution in [2.24, 2.45) is 5.92 Å². The molecule has 0 aliphatic rings. The number of nitrogens with one attached hydrogen (secondary N) is 1. The minimum Gasteiger partial charge on any atom is -0.379 e. The first-order valence-corrected chi connectivity index (χ1v) is 4.65. The molecule has 13 heavy (non-hydrogen) atoms. The Hall–Kier alpha value is -0.830. The molecule has 0 aromatic rings.